The van der Waals surface area contributed by atoms with Crippen molar-refractivity contribution in [3.63, 3.8) is 0 Å². The van der Waals surface area contributed by atoms with Crippen molar-refractivity contribution in [3.05, 3.63) is 83.4 Å². The van der Waals surface area contributed by atoms with Crippen LogP contribution in [0.15, 0.2) is 73.3 Å². The van der Waals surface area contributed by atoms with E-state index in [2.05, 4.69) is 6.58 Å². The maximum Gasteiger partial charge on any atom is 0.270 e. The maximum absolute atomic E-state index is 11.0. The predicted molar refractivity (Wildman–Crippen MR) is 91.7 cm³/mol. The van der Waals surface area contributed by atoms with Gasteiger partial charge < -0.3 is 4.74 Å². The Labute approximate surface area is 133 Å². The van der Waals surface area contributed by atoms with Crippen LogP contribution >= 0.6 is 0 Å². The quantitative estimate of drug-likeness (QED) is 0.379. The van der Waals surface area contributed by atoms with Crippen molar-refractivity contribution >= 4 is 16.5 Å². The lowest BCUT2D eigenvalue weighted by atomic mass is 10.00. The van der Waals surface area contributed by atoms with Crippen LogP contribution in [0.1, 0.15) is 0 Å². The van der Waals surface area contributed by atoms with E-state index >= 15 is 0 Å². The van der Waals surface area contributed by atoms with Crippen LogP contribution in [0.2, 0.25) is 0 Å². The molecule has 0 bridgehead atoms. The minimum absolute atomic E-state index is 0.0495. The van der Waals surface area contributed by atoms with E-state index in [1.165, 1.54) is 6.07 Å². The Morgan fingerprint density at radius 3 is 2.52 bits per heavy atom. The van der Waals surface area contributed by atoms with Crippen molar-refractivity contribution in [2.45, 2.75) is 0 Å². The molecule has 3 aromatic rings. The minimum Gasteiger partial charge on any atom is -0.489 e. The lowest BCUT2D eigenvalue weighted by Crippen LogP contribution is -1.95. The molecule has 0 aliphatic rings. The summed E-state index contributed by atoms with van der Waals surface area (Å²) in [6.07, 6.45) is 1.65. The van der Waals surface area contributed by atoms with E-state index in [0.29, 0.717) is 12.4 Å². The molecule has 0 unspecified atom stereocenters. The highest BCUT2D eigenvalue weighted by molar-refractivity contribution is 5.94. The second-order valence-corrected chi connectivity index (χ2v) is 5.10. The Kier molecular flexibility index (Phi) is 4.06. The highest BCUT2D eigenvalue weighted by atomic mass is 16.6. The first kappa shape index (κ1) is 14.8. The molecule has 0 aromatic heterocycles. The van der Waals surface area contributed by atoms with Crippen LogP contribution in [0.5, 0.6) is 5.75 Å². The Morgan fingerprint density at radius 1 is 1.04 bits per heavy atom. The number of benzene rings is 3. The van der Waals surface area contributed by atoms with E-state index in [1.54, 1.807) is 18.2 Å². The first-order chi connectivity index (χ1) is 11.2. The van der Waals surface area contributed by atoms with Gasteiger partial charge in [0.1, 0.15) is 12.4 Å². The number of ether oxygens (including phenoxy) is 1. The van der Waals surface area contributed by atoms with Gasteiger partial charge in [0.15, 0.2) is 0 Å². The summed E-state index contributed by atoms with van der Waals surface area (Å²) < 4.78 is 5.72. The molecule has 4 heteroatoms. The molecule has 0 aliphatic carbocycles. The molecule has 3 aromatic carbocycles. The van der Waals surface area contributed by atoms with E-state index in [0.717, 1.165) is 21.9 Å². The van der Waals surface area contributed by atoms with Gasteiger partial charge in [0.05, 0.1) is 4.92 Å². The summed E-state index contributed by atoms with van der Waals surface area (Å²) in [6, 6.07) is 18.7. The summed E-state index contributed by atoms with van der Waals surface area (Å²) >= 11 is 0. The third-order valence-corrected chi connectivity index (χ3v) is 3.57. The fourth-order valence-corrected chi connectivity index (χ4v) is 2.49. The summed E-state index contributed by atoms with van der Waals surface area (Å²) in [4.78, 5) is 10.6. The smallest absolute Gasteiger partial charge is 0.270 e. The number of rotatable bonds is 5. The molecule has 0 radical (unpaired) electrons. The van der Waals surface area contributed by atoms with Gasteiger partial charge in [-0.25, -0.2) is 0 Å². The summed E-state index contributed by atoms with van der Waals surface area (Å²) in [5, 5.41) is 12.6. The molecule has 3 rings (SSSR count). The molecular formula is C19H15NO3. The van der Waals surface area contributed by atoms with Gasteiger partial charge in [0.25, 0.3) is 5.69 Å². The molecule has 0 N–H and O–H groups in total. The van der Waals surface area contributed by atoms with Crippen molar-refractivity contribution in [2.75, 3.05) is 6.61 Å². The first-order valence-corrected chi connectivity index (χ1v) is 7.20. The summed E-state index contributed by atoms with van der Waals surface area (Å²) in [6.45, 7) is 3.99. The van der Waals surface area contributed by atoms with E-state index < -0.39 is 4.92 Å². The number of nitrogens with zero attached hydrogens (tertiary/aromatic N) is 1. The summed E-state index contributed by atoms with van der Waals surface area (Å²) in [5.74, 6) is 0.616. The molecule has 0 atom stereocenters. The second kappa shape index (κ2) is 6.32. The molecule has 0 amide bonds. The van der Waals surface area contributed by atoms with Gasteiger partial charge in [-0.05, 0) is 34.7 Å². The fourth-order valence-electron chi connectivity index (χ4n) is 2.49. The van der Waals surface area contributed by atoms with Crippen LogP contribution in [-0.2, 0) is 0 Å². The minimum atomic E-state index is -0.401. The normalized spacial score (nSPS) is 10.4. The number of non-ortho nitro benzene ring substituents is 1. The summed E-state index contributed by atoms with van der Waals surface area (Å²) in [5.41, 5.74) is 2.12. The molecule has 0 aliphatic heterocycles. The molecular weight excluding hydrogens is 290 g/mol. The fraction of sp³-hybridized carbons (Fsp3) is 0.0526. The third kappa shape index (κ3) is 3.06. The van der Waals surface area contributed by atoms with Gasteiger partial charge in [-0.1, -0.05) is 43.0 Å². The van der Waals surface area contributed by atoms with Crippen molar-refractivity contribution in [1.82, 2.24) is 0 Å². The van der Waals surface area contributed by atoms with E-state index in [4.69, 9.17) is 4.74 Å². The van der Waals surface area contributed by atoms with Crippen molar-refractivity contribution in [2.24, 2.45) is 0 Å². The Morgan fingerprint density at radius 2 is 1.83 bits per heavy atom. The Balaban J connectivity index is 2.20. The van der Waals surface area contributed by atoms with Crippen molar-refractivity contribution in [3.8, 4) is 16.9 Å². The monoisotopic (exact) mass is 305 g/mol. The van der Waals surface area contributed by atoms with Crippen LogP contribution in [0.3, 0.4) is 0 Å². The van der Waals surface area contributed by atoms with Gasteiger partial charge >= 0.3 is 0 Å². The summed E-state index contributed by atoms with van der Waals surface area (Å²) in [7, 11) is 0. The Bertz CT molecular complexity index is 872. The number of hydrogen-bond acceptors (Lipinski definition) is 3. The topological polar surface area (TPSA) is 52.4 Å². The van der Waals surface area contributed by atoms with Crippen LogP contribution < -0.4 is 4.74 Å². The average Bonchev–Trinajstić information content (AvgIpc) is 2.59. The molecule has 0 spiro atoms. The molecule has 0 saturated carbocycles. The highest BCUT2D eigenvalue weighted by Crippen LogP contribution is 2.34. The molecule has 0 saturated heterocycles. The third-order valence-electron chi connectivity index (χ3n) is 3.57. The van der Waals surface area contributed by atoms with Crippen LogP contribution in [0.25, 0.3) is 21.9 Å². The predicted octanol–water partition coefficient (Wildman–Crippen LogP) is 4.98. The zero-order valence-corrected chi connectivity index (χ0v) is 12.4. The van der Waals surface area contributed by atoms with Gasteiger partial charge in [0, 0.05) is 17.5 Å². The molecule has 4 nitrogen and oxygen atoms in total. The molecule has 0 fully saturated rings. The number of nitro groups is 1. The van der Waals surface area contributed by atoms with Crippen molar-refractivity contribution in [1.29, 1.82) is 0 Å². The average molecular weight is 305 g/mol. The van der Waals surface area contributed by atoms with E-state index in [-0.39, 0.29) is 5.69 Å². The SMILES string of the molecule is C=CCOc1cc(-c2ccccc2)cc2ccc([N+](=O)[O-])cc12. The standard InChI is InChI=1S/C19H15NO3/c1-2-10-23-19-12-16(14-6-4-3-5-7-14)11-15-8-9-17(20(21)22)13-18(15)19/h2-9,11-13H,1,10H2. The lowest BCUT2D eigenvalue weighted by Gasteiger charge is -2.11. The Hall–Kier alpha value is -3.14. The van der Waals surface area contributed by atoms with Crippen LogP contribution in [-0.4, -0.2) is 11.5 Å². The molecule has 114 valence electrons. The van der Waals surface area contributed by atoms with E-state index in [1.807, 2.05) is 42.5 Å². The van der Waals surface area contributed by atoms with Gasteiger partial charge in [0.2, 0.25) is 0 Å². The largest absolute Gasteiger partial charge is 0.489 e. The maximum atomic E-state index is 11.0. The first-order valence-electron chi connectivity index (χ1n) is 7.20. The second-order valence-electron chi connectivity index (χ2n) is 5.10. The van der Waals surface area contributed by atoms with Gasteiger partial charge in [-0.15, -0.1) is 0 Å². The molecule has 0 heterocycles. The van der Waals surface area contributed by atoms with Crippen molar-refractivity contribution < 1.29 is 9.66 Å². The zero-order chi connectivity index (χ0) is 16.2. The molecule has 23 heavy (non-hydrogen) atoms. The number of nitro benzene ring substituents is 1. The number of fused-ring (bicyclic) bond motifs is 1. The van der Waals surface area contributed by atoms with Gasteiger partial charge in [-0.2, -0.15) is 0 Å². The lowest BCUT2D eigenvalue weighted by molar-refractivity contribution is -0.384. The van der Waals surface area contributed by atoms with Crippen LogP contribution in [0.4, 0.5) is 5.69 Å². The number of hydrogen-bond donors (Lipinski definition) is 0. The van der Waals surface area contributed by atoms with Crippen LogP contribution in [0, 0.1) is 10.1 Å². The van der Waals surface area contributed by atoms with Gasteiger partial charge in [-0.3, -0.25) is 10.1 Å². The van der Waals surface area contributed by atoms with E-state index in [9.17, 15) is 10.1 Å². The highest BCUT2D eigenvalue weighted by Gasteiger charge is 2.12. The zero-order valence-electron chi connectivity index (χ0n) is 12.4.